The highest BCUT2D eigenvalue weighted by Gasteiger charge is 2.35. The van der Waals surface area contributed by atoms with Crippen LogP contribution < -0.4 is 16.0 Å². The van der Waals surface area contributed by atoms with Crippen LogP contribution in [0.1, 0.15) is 38.0 Å². The van der Waals surface area contributed by atoms with E-state index >= 15 is 0 Å². The number of methoxy groups -OCH3 is 1. The van der Waals surface area contributed by atoms with Crippen LogP contribution in [0.15, 0.2) is 6.20 Å². The van der Waals surface area contributed by atoms with Crippen LogP contribution in [0, 0.1) is 0 Å². The summed E-state index contributed by atoms with van der Waals surface area (Å²) in [5.74, 6) is 5.50. The number of hydrazine groups is 1. The summed E-state index contributed by atoms with van der Waals surface area (Å²) in [6, 6.07) is -1.18. The molecule has 0 aliphatic heterocycles. The van der Waals surface area contributed by atoms with Crippen LogP contribution in [0.5, 0.6) is 5.75 Å². The number of ether oxygens (including phenoxy) is 1. The van der Waals surface area contributed by atoms with Crippen molar-refractivity contribution in [2.45, 2.75) is 38.5 Å². The molecule has 3 N–H and O–H groups in total. The Labute approximate surface area is 103 Å². The van der Waals surface area contributed by atoms with Gasteiger partial charge in [-0.15, -0.1) is 0 Å². The topological polar surface area (TPSA) is 65.1 Å². The van der Waals surface area contributed by atoms with Gasteiger partial charge in [-0.05, 0) is 13.8 Å². The molecule has 18 heavy (non-hydrogen) atoms. The molecule has 1 aromatic rings. The van der Waals surface area contributed by atoms with Crippen LogP contribution in [-0.2, 0) is 0 Å². The Morgan fingerprint density at radius 1 is 1.50 bits per heavy atom. The first kappa shape index (κ1) is 14.8. The minimum atomic E-state index is -4.33. The smallest absolute Gasteiger partial charge is 0.391 e. The first-order valence-corrected chi connectivity index (χ1v) is 5.44. The molecule has 0 spiro atoms. The Balaban J connectivity index is 3.14. The average Bonchev–Trinajstić information content (AvgIpc) is 2.68. The minimum absolute atomic E-state index is 0.0898. The summed E-state index contributed by atoms with van der Waals surface area (Å²) in [7, 11) is 1.38. The van der Waals surface area contributed by atoms with Crippen molar-refractivity contribution in [3.63, 3.8) is 0 Å². The molecular weight excluding hydrogens is 249 g/mol. The Morgan fingerprint density at radius 2 is 2.11 bits per heavy atom. The fourth-order valence-corrected chi connectivity index (χ4v) is 1.72. The normalized spacial score (nSPS) is 14.0. The zero-order chi connectivity index (χ0) is 13.9. The van der Waals surface area contributed by atoms with Crippen LogP contribution in [0.3, 0.4) is 0 Å². The summed E-state index contributed by atoms with van der Waals surface area (Å²) in [4.78, 5) is 0. The van der Waals surface area contributed by atoms with Crippen molar-refractivity contribution in [1.82, 2.24) is 15.2 Å². The van der Waals surface area contributed by atoms with E-state index in [0.29, 0.717) is 5.69 Å². The standard InChI is InChI=1S/C10H17F3N4O/c1-6(2)17-9(8(18-3)5-15-17)7(16-14)4-10(11,12)13/h5-7,16H,4,14H2,1-3H3. The number of nitrogens with zero attached hydrogens (tertiary/aromatic N) is 2. The molecule has 5 nitrogen and oxygen atoms in total. The maximum absolute atomic E-state index is 12.5. The van der Waals surface area contributed by atoms with Crippen LogP contribution in [0.4, 0.5) is 13.2 Å². The van der Waals surface area contributed by atoms with E-state index in [2.05, 4.69) is 10.5 Å². The molecule has 1 atom stereocenters. The van der Waals surface area contributed by atoms with Gasteiger partial charge in [-0.25, -0.2) is 0 Å². The number of aromatic nitrogens is 2. The minimum Gasteiger partial charge on any atom is -0.493 e. The van der Waals surface area contributed by atoms with Gasteiger partial charge in [0.2, 0.25) is 0 Å². The van der Waals surface area contributed by atoms with E-state index in [4.69, 9.17) is 10.6 Å². The Hall–Kier alpha value is -1.28. The van der Waals surface area contributed by atoms with Crippen molar-refractivity contribution < 1.29 is 17.9 Å². The number of rotatable bonds is 5. The Morgan fingerprint density at radius 3 is 2.50 bits per heavy atom. The Bertz CT molecular complexity index is 389. The predicted molar refractivity (Wildman–Crippen MR) is 59.9 cm³/mol. The maximum atomic E-state index is 12.5. The van der Waals surface area contributed by atoms with Gasteiger partial charge in [0.15, 0.2) is 5.75 Å². The molecule has 0 saturated heterocycles. The number of halogens is 3. The second-order valence-electron chi connectivity index (χ2n) is 4.18. The summed E-state index contributed by atoms with van der Waals surface area (Å²) in [5.41, 5.74) is 2.47. The van der Waals surface area contributed by atoms with Crippen molar-refractivity contribution >= 4 is 0 Å². The van der Waals surface area contributed by atoms with E-state index in [9.17, 15) is 13.2 Å². The van der Waals surface area contributed by atoms with Gasteiger partial charge in [0.1, 0.15) is 0 Å². The highest BCUT2D eigenvalue weighted by molar-refractivity contribution is 5.28. The fourth-order valence-electron chi connectivity index (χ4n) is 1.72. The van der Waals surface area contributed by atoms with Crippen molar-refractivity contribution in [2.75, 3.05) is 7.11 Å². The van der Waals surface area contributed by atoms with Crippen molar-refractivity contribution in [3.8, 4) is 5.75 Å². The first-order valence-electron chi connectivity index (χ1n) is 5.44. The molecular formula is C10H17F3N4O. The molecule has 104 valence electrons. The van der Waals surface area contributed by atoms with Crippen LogP contribution in [-0.4, -0.2) is 23.1 Å². The van der Waals surface area contributed by atoms with Gasteiger partial charge >= 0.3 is 6.18 Å². The lowest BCUT2D eigenvalue weighted by Crippen LogP contribution is -2.34. The number of nitrogens with one attached hydrogen (secondary N) is 1. The molecule has 1 unspecified atom stereocenters. The molecule has 0 fully saturated rings. The lowest BCUT2D eigenvalue weighted by molar-refractivity contribution is -0.141. The maximum Gasteiger partial charge on any atom is 0.391 e. The summed E-state index contributed by atoms with van der Waals surface area (Å²) >= 11 is 0. The van der Waals surface area contributed by atoms with E-state index in [1.165, 1.54) is 18.0 Å². The first-order chi connectivity index (χ1) is 8.30. The van der Waals surface area contributed by atoms with Crippen molar-refractivity contribution in [2.24, 2.45) is 5.84 Å². The van der Waals surface area contributed by atoms with Gasteiger partial charge in [-0.1, -0.05) is 0 Å². The van der Waals surface area contributed by atoms with Gasteiger partial charge in [0, 0.05) is 6.04 Å². The third-order valence-corrected chi connectivity index (χ3v) is 2.47. The summed E-state index contributed by atoms with van der Waals surface area (Å²) in [6.45, 7) is 3.63. The van der Waals surface area contributed by atoms with Gasteiger partial charge in [0.05, 0.1) is 31.5 Å². The lowest BCUT2D eigenvalue weighted by Gasteiger charge is -2.21. The second-order valence-corrected chi connectivity index (χ2v) is 4.18. The SMILES string of the molecule is COc1cnn(C(C)C)c1C(CC(F)(F)F)NN. The monoisotopic (exact) mass is 266 g/mol. The van der Waals surface area contributed by atoms with Crippen molar-refractivity contribution in [3.05, 3.63) is 11.9 Å². The molecule has 0 bridgehead atoms. The highest BCUT2D eigenvalue weighted by Crippen LogP contribution is 2.34. The van der Waals surface area contributed by atoms with E-state index < -0.39 is 18.6 Å². The average molecular weight is 266 g/mol. The predicted octanol–water partition coefficient (Wildman–Crippen LogP) is 1.93. The van der Waals surface area contributed by atoms with Crippen LogP contribution >= 0.6 is 0 Å². The number of alkyl halides is 3. The van der Waals surface area contributed by atoms with E-state index in [1.54, 1.807) is 0 Å². The molecule has 1 heterocycles. The summed E-state index contributed by atoms with van der Waals surface area (Å²) in [6.07, 6.45) is -4.03. The number of hydrogen-bond donors (Lipinski definition) is 2. The summed E-state index contributed by atoms with van der Waals surface area (Å²) in [5, 5.41) is 4.01. The van der Waals surface area contributed by atoms with Gasteiger partial charge in [0.25, 0.3) is 0 Å². The molecule has 0 amide bonds. The quantitative estimate of drug-likeness (QED) is 0.631. The highest BCUT2D eigenvalue weighted by atomic mass is 19.4. The molecule has 0 aliphatic rings. The molecule has 0 saturated carbocycles. The molecule has 0 aromatic carbocycles. The third kappa shape index (κ3) is 3.36. The van der Waals surface area contributed by atoms with Gasteiger partial charge in [-0.2, -0.15) is 18.3 Å². The number of hydrogen-bond acceptors (Lipinski definition) is 4. The van der Waals surface area contributed by atoms with E-state index in [1.807, 2.05) is 13.8 Å². The fraction of sp³-hybridized carbons (Fsp3) is 0.700. The van der Waals surface area contributed by atoms with Gasteiger partial charge in [-0.3, -0.25) is 16.0 Å². The zero-order valence-electron chi connectivity index (χ0n) is 10.5. The molecule has 8 heteroatoms. The Kier molecular flexibility index (Phi) is 4.58. The largest absolute Gasteiger partial charge is 0.493 e. The van der Waals surface area contributed by atoms with Crippen LogP contribution in [0.2, 0.25) is 0 Å². The number of nitrogens with two attached hydrogens (primary N) is 1. The zero-order valence-corrected chi connectivity index (χ0v) is 10.5. The summed E-state index contributed by atoms with van der Waals surface area (Å²) < 4.78 is 44.0. The second kappa shape index (κ2) is 5.57. The van der Waals surface area contributed by atoms with Crippen LogP contribution in [0.25, 0.3) is 0 Å². The molecule has 1 rings (SSSR count). The molecule has 0 radical (unpaired) electrons. The molecule has 1 aromatic heterocycles. The van der Waals surface area contributed by atoms with E-state index in [0.717, 1.165) is 0 Å². The van der Waals surface area contributed by atoms with Gasteiger partial charge < -0.3 is 4.74 Å². The molecule has 0 aliphatic carbocycles. The van der Waals surface area contributed by atoms with E-state index in [-0.39, 0.29) is 11.8 Å². The lowest BCUT2D eigenvalue weighted by atomic mass is 10.1. The third-order valence-electron chi connectivity index (χ3n) is 2.47. The van der Waals surface area contributed by atoms with Crippen molar-refractivity contribution in [1.29, 1.82) is 0 Å².